The summed E-state index contributed by atoms with van der Waals surface area (Å²) in [6.45, 7) is 1.40. The van der Waals surface area contributed by atoms with Gasteiger partial charge in [0, 0.05) is 18.2 Å². The molecule has 1 aromatic rings. The monoisotopic (exact) mass is 273 g/mol. The van der Waals surface area contributed by atoms with Gasteiger partial charge in [0.1, 0.15) is 5.69 Å². The van der Waals surface area contributed by atoms with Gasteiger partial charge in [-0.1, -0.05) is 0 Å². The van der Waals surface area contributed by atoms with Crippen LogP contribution in [-0.2, 0) is 0 Å². The standard InChI is InChI=1S/C11H13F2N3O3/c1-2-14-11(17)7-3-4-9(16(18)19)8(5-7)15-6-10(12)13/h3-5,10,15H,2,6H2,1H3,(H,14,17). The summed E-state index contributed by atoms with van der Waals surface area (Å²) in [5.74, 6) is -0.419. The quantitative estimate of drug-likeness (QED) is 0.613. The van der Waals surface area contributed by atoms with Gasteiger partial charge < -0.3 is 10.6 Å². The second-order valence-electron chi connectivity index (χ2n) is 3.62. The fourth-order valence-electron chi connectivity index (χ4n) is 1.43. The van der Waals surface area contributed by atoms with Crippen LogP contribution in [0.15, 0.2) is 18.2 Å². The fourth-order valence-corrected chi connectivity index (χ4v) is 1.43. The Labute approximate surface area is 108 Å². The van der Waals surface area contributed by atoms with Gasteiger partial charge in [0.15, 0.2) is 0 Å². The number of carbonyl (C=O) groups is 1. The molecule has 2 N–H and O–H groups in total. The molecule has 0 saturated heterocycles. The van der Waals surface area contributed by atoms with Crippen molar-refractivity contribution in [2.45, 2.75) is 13.3 Å². The van der Waals surface area contributed by atoms with E-state index in [0.29, 0.717) is 6.54 Å². The molecule has 0 aliphatic rings. The molecule has 0 bridgehead atoms. The molecule has 6 nitrogen and oxygen atoms in total. The van der Waals surface area contributed by atoms with Gasteiger partial charge in [-0.25, -0.2) is 8.78 Å². The summed E-state index contributed by atoms with van der Waals surface area (Å²) in [7, 11) is 0. The number of halogens is 2. The van der Waals surface area contributed by atoms with Crippen molar-refractivity contribution in [2.24, 2.45) is 0 Å². The minimum atomic E-state index is -2.65. The molecule has 0 unspecified atom stereocenters. The lowest BCUT2D eigenvalue weighted by atomic mass is 10.1. The second kappa shape index (κ2) is 6.62. The maximum absolute atomic E-state index is 12.1. The molecule has 0 fully saturated rings. The molecule has 0 heterocycles. The molecule has 1 amide bonds. The Kier molecular flexibility index (Phi) is 5.16. The number of nitro benzene ring substituents is 1. The van der Waals surface area contributed by atoms with Crippen LogP contribution in [0, 0.1) is 10.1 Å². The van der Waals surface area contributed by atoms with Crippen molar-refractivity contribution >= 4 is 17.3 Å². The molecule has 1 aromatic carbocycles. The van der Waals surface area contributed by atoms with E-state index in [2.05, 4.69) is 10.6 Å². The first-order chi connectivity index (χ1) is 8.95. The molecule has 8 heteroatoms. The molecular weight excluding hydrogens is 260 g/mol. The smallest absolute Gasteiger partial charge is 0.292 e. The van der Waals surface area contributed by atoms with Crippen molar-refractivity contribution in [1.29, 1.82) is 0 Å². The highest BCUT2D eigenvalue weighted by molar-refractivity contribution is 5.95. The van der Waals surface area contributed by atoms with Gasteiger partial charge in [-0.15, -0.1) is 0 Å². The SMILES string of the molecule is CCNC(=O)c1ccc([N+](=O)[O-])c(NCC(F)F)c1. The lowest BCUT2D eigenvalue weighted by Gasteiger charge is -2.08. The second-order valence-corrected chi connectivity index (χ2v) is 3.62. The number of amides is 1. The van der Waals surface area contributed by atoms with Gasteiger partial charge >= 0.3 is 0 Å². The van der Waals surface area contributed by atoms with Crippen LogP contribution in [0.1, 0.15) is 17.3 Å². The van der Waals surface area contributed by atoms with E-state index in [9.17, 15) is 23.7 Å². The lowest BCUT2D eigenvalue weighted by molar-refractivity contribution is -0.384. The number of alkyl halides is 2. The van der Waals surface area contributed by atoms with Crippen LogP contribution in [0.5, 0.6) is 0 Å². The van der Waals surface area contributed by atoms with E-state index in [-0.39, 0.29) is 16.9 Å². The minimum absolute atomic E-state index is 0.103. The Balaban J connectivity index is 3.03. The van der Waals surface area contributed by atoms with Crippen molar-refractivity contribution in [3.8, 4) is 0 Å². The number of carbonyl (C=O) groups excluding carboxylic acids is 1. The molecule has 0 radical (unpaired) electrons. The number of hydrogen-bond acceptors (Lipinski definition) is 4. The highest BCUT2D eigenvalue weighted by atomic mass is 19.3. The largest absolute Gasteiger partial charge is 0.374 e. The molecule has 0 aromatic heterocycles. The zero-order valence-corrected chi connectivity index (χ0v) is 10.2. The average Bonchev–Trinajstić information content (AvgIpc) is 2.36. The van der Waals surface area contributed by atoms with Gasteiger partial charge in [-0.2, -0.15) is 0 Å². The Hall–Kier alpha value is -2.25. The van der Waals surface area contributed by atoms with Crippen molar-refractivity contribution in [3.05, 3.63) is 33.9 Å². The van der Waals surface area contributed by atoms with Crippen molar-refractivity contribution < 1.29 is 18.5 Å². The van der Waals surface area contributed by atoms with Gasteiger partial charge in [0.2, 0.25) is 0 Å². The minimum Gasteiger partial charge on any atom is -0.374 e. The summed E-state index contributed by atoms with van der Waals surface area (Å²) in [6.07, 6.45) is -2.65. The molecule has 104 valence electrons. The van der Waals surface area contributed by atoms with Crippen LogP contribution in [0.4, 0.5) is 20.2 Å². The van der Waals surface area contributed by atoms with Gasteiger partial charge in [0.05, 0.1) is 11.5 Å². The number of rotatable bonds is 6. The first kappa shape index (κ1) is 14.8. The Morgan fingerprint density at radius 1 is 1.47 bits per heavy atom. The molecule has 0 spiro atoms. The Bertz CT molecular complexity index is 480. The van der Waals surface area contributed by atoms with E-state index in [0.717, 1.165) is 6.07 Å². The maximum atomic E-state index is 12.1. The number of nitro groups is 1. The van der Waals surface area contributed by atoms with Gasteiger partial charge in [-0.3, -0.25) is 14.9 Å². The first-order valence-corrected chi connectivity index (χ1v) is 5.54. The molecule has 0 aliphatic carbocycles. The lowest BCUT2D eigenvalue weighted by Crippen LogP contribution is -2.23. The highest BCUT2D eigenvalue weighted by Crippen LogP contribution is 2.25. The third kappa shape index (κ3) is 4.16. The summed E-state index contributed by atoms with van der Waals surface area (Å²) >= 11 is 0. The fraction of sp³-hybridized carbons (Fsp3) is 0.364. The summed E-state index contributed by atoms with van der Waals surface area (Å²) in [4.78, 5) is 21.6. The molecule has 1 rings (SSSR count). The van der Waals surface area contributed by atoms with E-state index in [1.165, 1.54) is 12.1 Å². The topological polar surface area (TPSA) is 84.3 Å². The van der Waals surface area contributed by atoms with Crippen molar-refractivity contribution in [1.82, 2.24) is 5.32 Å². The predicted molar refractivity (Wildman–Crippen MR) is 65.6 cm³/mol. The van der Waals surface area contributed by atoms with Gasteiger partial charge in [0.25, 0.3) is 18.0 Å². The van der Waals surface area contributed by atoms with Gasteiger partial charge in [-0.05, 0) is 19.1 Å². The van der Waals surface area contributed by atoms with Crippen LogP contribution in [-0.4, -0.2) is 30.3 Å². The molecule has 0 aliphatic heterocycles. The van der Waals surface area contributed by atoms with E-state index in [4.69, 9.17) is 0 Å². The molecule has 0 atom stereocenters. The number of benzene rings is 1. The molecule has 19 heavy (non-hydrogen) atoms. The Morgan fingerprint density at radius 3 is 2.68 bits per heavy atom. The normalized spacial score (nSPS) is 10.3. The summed E-state index contributed by atoms with van der Waals surface area (Å²) < 4.78 is 24.2. The number of nitrogens with one attached hydrogen (secondary N) is 2. The van der Waals surface area contributed by atoms with Crippen LogP contribution in [0.3, 0.4) is 0 Å². The van der Waals surface area contributed by atoms with Crippen LogP contribution in [0.2, 0.25) is 0 Å². The number of hydrogen-bond donors (Lipinski definition) is 2. The summed E-state index contributed by atoms with van der Waals surface area (Å²) in [6, 6.07) is 3.57. The maximum Gasteiger partial charge on any atom is 0.292 e. The summed E-state index contributed by atoms with van der Waals surface area (Å²) in [5.41, 5.74) is -0.285. The van der Waals surface area contributed by atoms with Crippen molar-refractivity contribution in [3.63, 3.8) is 0 Å². The van der Waals surface area contributed by atoms with Crippen LogP contribution < -0.4 is 10.6 Å². The van der Waals surface area contributed by atoms with Crippen LogP contribution in [0.25, 0.3) is 0 Å². The summed E-state index contributed by atoms with van der Waals surface area (Å²) in [5, 5.41) is 15.5. The zero-order chi connectivity index (χ0) is 14.4. The average molecular weight is 273 g/mol. The number of anilines is 1. The Morgan fingerprint density at radius 2 is 2.16 bits per heavy atom. The highest BCUT2D eigenvalue weighted by Gasteiger charge is 2.17. The number of nitrogens with zero attached hydrogens (tertiary/aromatic N) is 1. The van der Waals surface area contributed by atoms with Crippen molar-refractivity contribution in [2.75, 3.05) is 18.4 Å². The van der Waals surface area contributed by atoms with E-state index in [1.807, 2.05) is 0 Å². The van der Waals surface area contributed by atoms with Crippen LogP contribution >= 0.6 is 0 Å². The van der Waals surface area contributed by atoms with E-state index < -0.39 is 23.8 Å². The van der Waals surface area contributed by atoms with E-state index in [1.54, 1.807) is 6.92 Å². The third-order valence-electron chi connectivity index (χ3n) is 2.24. The third-order valence-corrected chi connectivity index (χ3v) is 2.24. The zero-order valence-electron chi connectivity index (χ0n) is 10.2. The first-order valence-electron chi connectivity index (χ1n) is 5.54. The molecular formula is C11H13F2N3O3. The predicted octanol–water partition coefficient (Wildman–Crippen LogP) is 2.02. The molecule has 0 saturated carbocycles. The van der Waals surface area contributed by atoms with E-state index >= 15 is 0 Å².